The first kappa shape index (κ1) is 11.0. The molecular formula is C10H12O3S2. The highest BCUT2D eigenvalue weighted by atomic mass is 32.2. The summed E-state index contributed by atoms with van der Waals surface area (Å²) >= 11 is 3.20. The highest BCUT2D eigenvalue weighted by molar-refractivity contribution is 8.04. The third-order valence-electron chi connectivity index (χ3n) is 2.45. The van der Waals surface area contributed by atoms with Gasteiger partial charge in [0, 0.05) is 5.75 Å². The summed E-state index contributed by atoms with van der Waals surface area (Å²) in [7, 11) is 0. The van der Waals surface area contributed by atoms with Crippen LogP contribution >= 0.6 is 23.5 Å². The molecule has 82 valence electrons. The summed E-state index contributed by atoms with van der Waals surface area (Å²) in [5, 5.41) is 9.23. The molecule has 0 saturated carbocycles. The number of hydrogen-bond donors (Lipinski definition) is 1. The number of aliphatic carboxylic acids is 1. The number of carboxylic acids is 1. The van der Waals surface area contributed by atoms with Crippen LogP contribution in [0.15, 0.2) is 22.8 Å². The number of rotatable bonds is 4. The summed E-state index contributed by atoms with van der Waals surface area (Å²) < 4.78 is 4.60. The molecule has 1 aliphatic rings. The van der Waals surface area contributed by atoms with Crippen molar-refractivity contribution in [3.05, 3.63) is 24.2 Å². The molecule has 1 N–H and O–H groups in total. The molecule has 0 aliphatic carbocycles. The Morgan fingerprint density at radius 3 is 3.13 bits per heavy atom. The Balaban J connectivity index is 1.99. The van der Waals surface area contributed by atoms with E-state index >= 15 is 0 Å². The predicted molar refractivity (Wildman–Crippen MR) is 62.3 cm³/mol. The molecule has 5 heteroatoms. The predicted octanol–water partition coefficient (Wildman–Crippen LogP) is 2.47. The Kier molecular flexibility index (Phi) is 3.31. The Morgan fingerprint density at radius 1 is 1.73 bits per heavy atom. The van der Waals surface area contributed by atoms with Gasteiger partial charge in [0.05, 0.1) is 12.0 Å². The minimum Gasteiger partial charge on any atom is -0.480 e. The third-order valence-corrected chi connectivity index (χ3v) is 5.32. The van der Waals surface area contributed by atoms with Crippen LogP contribution in [0, 0.1) is 0 Å². The van der Waals surface area contributed by atoms with Gasteiger partial charge in [0.15, 0.2) is 0 Å². The molecule has 2 rings (SSSR count). The Morgan fingerprint density at radius 2 is 2.60 bits per heavy atom. The van der Waals surface area contributed by atoms with Crippen molar-refractivity contribution >= 4 is 29.5 Å². The lowest BCUT2D eigenvalue weighted by molar-refractivity contribution is -0.139. The smallest absolute Gasteiger partial charge is 0.320 e. The zero-order valence-corrected chi connectivity index (χ0v) is 9.77. The zero-order valence-electron chi connectivity index (χ0n) is 8.14. The Hall–Kier alpha value is -0.550. The second-order valence-corrected chi connectivity index (χ2v) is 5.93. The maximum absolute atomic E-state index is 11.2. The third kappa shape index (κ3) is 2.34. The van der Waals surface area contributed by atoms with Gasteiger partial charge in [0.2, 0.25) is 0 Å². The molecule has 0 spiro atoms. The Bertz CT molecular complexity index is 328. The minimum absolute atomic E-state index is 0.600. The Labute approximate surface area is 96.6 Å². The van der Waals surface area contributed by atoms with Gasteiger partial charge in [-0.2, -0.15) is 11.8 Å². The molecule has 0 aromatic carbocycles. The van der Waals surface area contributed by atoms with Crippen molar-refractivity contribution in [3.8, 4) is 0 Å². The van der Waals surface area contributed by atoms with E-state index in [-0.39, 0.29) is 0 Å². The molecule has 1 aliphatic heterocycles. The molecule has 0 bridgehead atoms. The van der Waals surface area contributed by atoms with E-state index in [1.165, 1.54) is 11.8 Å². The SMILES string of the molecule is O=C(O)C1(SCc2ccco2)CCSC1. The molecular weight excluding hydrogens is 232 g/mol. The maximum atomic E-state index is 11.2. The van der Waals surface area contributed by atoms with E-state index in [1.807, 2.05) is 12.1 Å². The van der Waals surface area contributed by atoms with Crippen LogP contribution in [0.25, 0.3) is 0 Å². The first-order chi connectivity index (χ1) is 7.23. The molecule has 1 aromatic heterocycles. The molecule has 3 nitrogen and oxygen atoms in total. The van der Waals surface area contributed by atoms with Crippen LogP contribution in [0.4, 0.5) is 0 Å². The van der Waals surface area contributed by atoms with Crippen molar-refractivity contribution < 1.29 is 14.3 Å². The van der Waals surface area contributed by atoms with Gasteiger partial charge in [-0.3, -0.25) is 4.79 Å². The lowest BCUT2D eigenvalue weighted by atomic mass is 10.1. The van der Waals surface area contributed by atoms with E-state index in [1.54, 1.807) is 18.0 Å². The van der Waals surface area contributed by atoms with Crippen LogP contribution in [0.3, 0.4) is 0 Å². The monoisotopic (exact) mass is 244 g/mol. The van der Waals surface area contributed by atoms with Crippen molar-refractivity contribution in [2.45, 2.75) is 16.9 Å². The molecule has 1 saturated heterocycles. The van der Waals surface area contributed by atoms with Gasteiger partial charge >= 0.3 is 5.97 Å². The van der Waals surface area contributed by atoms with E-state index in [9.17, 15) is 9.90 Å². The fourth-order valence-corrected chi connectivity index (χ4v) is 4.39. The van der Waals surface area contributed by atoms with Crippen LogP contribution in [-0.2, 0) is 10.5 Å². The molecule has 1 atom stereocenters. The second-order valence-electron chi connectivity index (χ2n) is 3.47. The van der Waals surface area contributed by atoms with Crippen LogP contribution in [0.2, 0.25) is 0 Å². The summed E-state index contributed by atoms with van der Waals surface area (Å²) in [6.45, 7) is 0. The lowest BCUT2D eigenvalue weighted by Gasteiger charge is -2.21. The molecule has 2 heterocycles. The lowest BCUT2D eigenvalue weighted by Crippen LogP contribution is -2.34. The maximum Gasteiger partial charge on any atom is 0.320 e. The van der Waals surface area contributed by atoms with Gasteiger partial charge in [-0.05, 0) is 24.3 Å². The normalized spacial score (nSPS) is 25.6. The van der Waals surface area contributed by atoms with Gasteiger partial charge in [-0.1, -0.05) is 0 Å². The van der Waals surface area contributed by atoms with Crippen molar-refractivity contribution in [3.63, 3.8) is 0 Å². The fourth-order valence-electron chi connectivity index (χ4n) is 1.49. The van der Waals surface area contributed by atoms with Crippen molar-refractivity contribution in [2.75, 3.05) is 11.5 Å². The largest absolute Gasteiger partial charge is 0.480 e. The van der Waals surface area contributed by atoms with Gasteiger partial charge < -0.3 is 9.52 Å². The van der Waals surface area contributed by atoms with E-state index < -0.39 is 10.7 Å². The fraction of sp³-hybridized carbons (Fsp3) is 0.500. The summed E-state index contributed by atoms with van der Waals surface area (Å²) in [5.41, 5.74) is 0. The standard InChI is InChI=1S/C10H12O3S2/c11-9(12)10(3-5-14-7-10)15-6-8-2-1-4-13-8/h1-2,4H,3,5-7H2,(H,11,12). The van der Waals surface area contributed by atoms with Crippen molar-refractivity contribution in [1.82, 2.24) is 0 Å². The van der Waals surface area contributed by atoms with Crippen molar-refractivity contribution in [1.29, 1.82) is 0 Å². The second kappa shape index (κ2) is 4.53. The van der Waals surface area contributed by atoms with Gasteiger partial charge in [-0.15, -0.1) is 11.8 Å². The summed E-state index contributed by atoms with van der Waals surface area (Å²) in [6.07, 6.45) is 2.37. The molecule has 15 heavy (non-hydrogen) atoms. The average molecular weight is 244 g/mol. The first-order valence-corrected chi connectivity index (χ1v) is 6.84. The number of furan rings is 1. The molecule has 1 unspecified atom stereocenters. The number of thioether (sulfide) groups is 2. The highest BCUT2D eigenvalue weighted by Gasteiger charge is 2.42. The molecule has 0 radical (unpaired) electrons. The minimum atomic E-state index is -0.691. The number of carboxylic acid groups (broad SMARTS) is 1. The van der Waals surface area contributed by atoms with Gasteiger partial charge in [-0.25, -0.2) is 0 Å². The van der Waals surface area contributed by atoms with E-state index in [0.717, 1.165) is 17.9 Å². The summed E-state index contributed by atoms with van der Waals surface area (Å²) in [4.78, 5) is 11.2. The molecule has 1 fully saturated rings. The van der Waals surface area contributed by atoms with Crippen LogP contribution < -0.4 is 0 Å². The quantitative estimate of drug-likeness (QED) is 0.881. The first-order valence-electron chi connectivity index (χ1n) is 4.70. The van der Waals surface area contributed by atoms with Crippen LogP contribution in [0.1, 0.15) is 12.2 Å². The number of carbonyl (C=O) groups is 1. The van der Waals surface area contributed by atoms with E-state index in [0.29, 0.717) is 11.5 Å². The summed E-state index contributed by atoms with van der Waals surface area (Å²) in [5.74, 6) is 2.44. The van der Waals surface area contributed by atoms with Gasteiger partial charge in [0.1, 0.15) is 10.5 Å². The van der Waals surface area contributed by atoms with Crippen molar-refractivity contribution in [2.24, 2.45) is 0 Å². The zero-order chi connectivity index (χ0) is 10.7. The van der Waals surface area contributed by atoms with E-state index in [4.69, 9.17) is 4.42 Å². The van der Waals surface area contributed by atoms with Crippen LogP contribution in [-0.4, -0.2) is 27.3 Å². The topological polar surface area (TPSA) is 50.4 Å². The average Bonchev–Trinajstić information content (AvgIpc) is 2.87. The summed E-state index contributed by atoms with van der Waals surface area (Å²) in [6, 6.07) is 3.71. The molecule has 0 amide bonds. The van der Waals surface area contributed by atoms with Gasteiger partial charge in [0.25, 0.3) is 0 Å². The van der Waals surface area contributed by atoms with Crippen LogP contribution in [0.5, 0.6) is 0 Å². The van der Waals surface area contributed by atoms with E-state index in [2.05, 4.69) is 0 Å². The molecule has 1 aromatic rings. The number of hydrogen-bond acceptors (Lipinski definition) is 4. The highest BCUT2D eigenvalue weighted by Crippen LogP contribution is 2.41.